The number of amides is 3. The van der Waals surface area contributed by atoms with Crippen molar-refractivity contribution >= 4 is 29.7 Å². The molecule has 30 heavy (non-hydrogen) atoms. The van der Waals surface area contributed by atoms with Crippen molar-refractivity contribution in [1.82, 2.24) is 5.32 Å². The van der Waals surface area contributed by atoms with Gasteiger partial charge in [0, 0.05) is 11.8 Å². The molecule has 2 N–H and O–H groups in total. The maximum Gasteiger partial charge on any atom is 0.331 e. The third-order valence-electron chi connectivity index (χ3n) is 4.43. The van der Waals surface area contributed by atoms with Crippen LogP contribution in [0.5, 0.6) is 11.5 Å². The fraction of sp³-hybridized carbons (Fsp3) is 0.227. The topological polar surface area (TPSA) is 103 Å². The predicted molar refractivity (Wildman–Crippen MR) is 111 cm³/mol. The number of hydrogen-bond acceptors (Lipinski definition) is 6. The number of carbonyl (C=O) groups is 3. The Hall–Kier alpha value is -3.81. The molecule has 0 unspecified atom stereocenters. The van der Waals surface area contributed by atoms with E-state index in [4.69, 9.17) is 14.2 Å². The van der Waals surface area contributed by atoms with Crippen LogP contribution in [0.2, 0.25) is 0 Å². The summed E-state index contributed by atoms with van der Waals surface area (Å²) in [5.41, 5.74) is 3.22. The summed E-state index contributed by atoms with van der Waals surface area (Å²) < 4.78 is 15.8. The van der Waals surface area contributed by atoms with E-state index in [1.165, 1.54) is 12.2 Å². The Balaban J connectivity index is 1.45. The minimum atomic E-state index is -0.737. The van der Waals surface area contributed by atoms with Gasteiger partial charge >= 0.3 is 12.0 Å². The van der Waals surface area contributed by atoms with E-state index in [1.807, 2.05) is 19.9 Å². The summed E-state index contributed by atoms with van der Waals surface area (Å²) in [5, 5.41) is 4.71. The van der Waals surface area contributed by atoms with E-state index in [9.17, 15) is 14.4 Å². The average Bonchev–Trinajstić information content (AvgIpc) is 2.74. The van der Waals surface area contributed by atoms with Gasteiger partial charge in [-0.05, 0) is 54.8 Å². The molecule has 3 amide bonds. The number of fused-ring (bicyclic) bond motifs is 1. The first-order valence-corrected chi connectivity index (χ1v) is 9.34. The molecular weight excluding hydrogens is 388 g/mol. The summed E-state index contributed by atoms with van der Waals surface area (Å²) in [4.78, 5) is 35.6. The van der Waals surface area contributed by atoms with Crippen LogP contribution in [0.15, 0.2) is 42.5 Å². The lowest BCUT2D eigenvalue weighted by Gasteiger charge is -2.18. The van der Waals surface area contributed by atoms with Crippen LogP contribution in [-0.4, -0.2) is 37.7 Å². The fourth-order valence-corrected chi connectivity index (χ4v) is 2.72. The number of rotatable bonds is 5. The first-order chi connectivity index (χ1) is 14.4. The molecule has 2 aromatic carbocycles. The summed E-state index contributed by atoms with van der Waals surface area (Å²) in [6, 6.07) is 10.0. The van der Waals surface area contributed by atoms with E-state index in [-0.39, 0.29) is 0 Å². The van der Waals surface area contributed by atoms with Gasteiger partial charge in [-0.1, -0.05) is 18.2 Å². The third-order valence-corrected chi connectivity index (χ3v) is 4.43. The Kier molecular flexibility index (Phi) is 6.69. The molecule has 8 nitrogen and oxygen atoms in total. The zero-order valence-electron chi connectivity index (χ0n) is 16.7. The monoisotopic (exact) mass is 410 g/mol. The van der Waals surface area contributed by atoms with E-state index in [0.29, 0.717) is 36.0 Å². The number of imide groups is 1. The van der Waals surface area contributed by atoms with Crippen molar-refractivity contribution in [1.29, 1.82) is 0 Å². The van der Waals surface area contributed by atoms with Gasteiger partial charge in [-0.15, -0.1) is 0 Å². The number of aryl methyl sites for hydroxylation is 1. The quantitative estimate of drug-likeness (QED) is 0.580. The molecule has 0 bridgehead atoms. The molecule has 0 aromatic heterocycles. The summed E-state index contributed by atoms with van der Waals surface area (Å²) >= 11 is 0. The molecule has 0 spiro atoms. The molecule has 156 valence electrons. The highest BCUT2D eigenvalue weighted by molar-refractivity contribution is 6.02. The van der Waals surface area contributed by atoms with E-state index in [1.54, 1.807) is 30.3 Å². The number of carbonyl (C=O) groups excluding carboxylic acids is 3. The van der Waals surface area contributed by atoms with Crippen molar-refractivity contribution in [3.8, 4) is 11.5 Å². The van der Waals surface area contributed by atoms with Crippen molar-refractivity contribution < 1.29 is 28.6 Å². The van der Waals surface area contributed by atoms with Crippen LogP contribution in [0.4, 0.5) is 10.5 Å². The molecular formula is C22H22N2O6. The maximum atomic E-state index is 11.9. The van der Waals surface area contributed by atoms with Gasteiger partial charge in [0.2, 0.25) is 0 Å². The zero-order valence-corrected chi connectivity index (χ0v) is 16.7. The Labute approximate surface area is 173 Å². The zero-order chi connectivity index (χ0) is 21.5. The van der Waals surface area contributed by atoms with Gasteiger partial charge in [0.15, 0.2) is 18.1 Å². The lowest BCUT2D eigenvalue weighted by molar-refractivity contribution is -0.143. The smallest absolute Gasteiger partial charge is 0.331 e. The first kappa shape index (κ1) is 20.9. The number of esters is 1. The number of ether oxygens (including phenoxy) is 3. The van der Waals surface area contributed by atoms with Crippen molar-refractivity contribution in [2.45, 2.75) is 13.8 Å². The van der Waals surface area contributed by atoms with Gasteiger partial charge in [-0.25, -0.2) is 9.59 Å². The van der Waals surface area contributed by atoms with Gasteiger partial charge in [0.05, 0.1) is 0 Å². The Bertz CT molecular complexity index is 999. The molecule has 8 heteroatoms. The molecule has 0 aliphatic carbocycles. The van der Waals surface area contributed by atoms with E-state index >= 15 is 0 Å². The van der Waals surface area contributed by atoms with Crippen molar-refractivity contribution in [2.24, 2.45) is 0 Å². The van der Waals surface area contributed by atoms with Crippen LogP contribution in [-0.2, 0) is 14.3 Å². The summed E-state index contributed by atoms with van der Waals surface area (Å²) in [5.74, 6) is -0.198. The number of anilines is 1. The lowest BCUT2D eigenvalue weighted by atomic mass is 10.1. The van der Waals surface area contributed by atoms with Crippen molar-refractivity contribution in [3.63, 3.8) is 0 Å². The molecule has 0 radical (unpaired) electrons. The molecule has 1 aliphatic heterocycles. The van der Waals surface area contributed by atoms with Crippen molar-refractivity contribution in [2.75, 3.05) is 25.1 Å². The highest BCUT2D eigenvalue weighted by Crippen LogP contribution is 2.31. The van der Waals surface area contributed by atoms with Crippen LogP contribution >= 0.6 is 0 Å². The fourth-order valence-electron chi connectivity index (χ4n) is 2.72. The number of benzene rings is 2. The SMILES string of the molecule is Cc1cccc(NC(=O)NC(=O)COC(=O)/C=C/c2ccc3c(c2)OCCO3)c1C. The summed E-state index contributed by atoms with van der Waals surface area (Å²) in [6.45, 7) is 4.17. The number of urea groups is 1. The molecule has 0 atom stereocenters. The minimum Gasteiger partial charge on any atom is -0.486 e. The molecule has 1 heterocycles. The van der Waals surface area contributed by atoms with E-state index in [0.717, 1.165) is 11.1 Å². The van der Waals surface area contributed by atoms with Crippen LogP contribution < -0.4 is 20.1 Å². The Morgan fingerprint density at radius 2 is 1.83 bits per heavy atom. The first-order valence-electron chi connectivity index (χ1n) is 9.34. The predicted octanol–water partition coefficient (Wildman–Crippen LogP) is 2.98. The van der Waals surface area contributed by atoms with Crippen molar-refractivity contribution in [3.05, 3.63) is 59.2 Å². The second-order valence-corrected chi connectivity index (χ2v) is 6.59. The summed E-state index contributed by atoms with van der Waals surface area (Å²) in [7, 11) is 0. The normalized spacial score (nSPS) is 12.3. The highest BCUT2D eigenvalue weighted by Gasteiger charge is 2.12. The molecule has 3 rings (SSSR count). The lowest BCUT2D eigenvalue weighted by Crippen LogP contribution is -2.37. The second-order valence-electron chi connectivity index (χ2n) is 6.59. The van der Waals surface area contributed by atoms with Gasteiger partial charge in [-0.3, -0.25) is 10.1 Å². The molecule has 1 aliphatic rings. The van der Waals surface area contributed by atoms with E-state index < -0.39 is 24.5 Å². The van der Waals surface area contributed by atoms with Crippen LogP contribution in [0, 0.1) is 13.8 Å². The second kappa shape index (κ2) is 9.60. The average molecular weight is 410 g/mol. The molecule has 0 saturated carbocycles. The van der Waals surface area contributed by atoms with Gasteiger partial charge in [0.1, 0.15) is 13.2 Å². The highest BCUT2D eigenvalue weighted by atomic mass is 16.6. The van der Waals surface area contributed by atoms with Crippen LogP contribution in [0.1, 0.15) is 16.7 Å². The Morgan fingerprint density at radius 3 is 2.63 bits per heavy atom. The molecule has 0 fully saturated rings. The maximum absolute atomic E-state index is 11.9. The third kappa shape index (κ3) is 5.60. The van der Waals surface area contributed by atoms with Gasteiger partial charge in [0.25, 0.3) is 5.91 Å². The molecule has 0 saturated heterocycles. The molecule has 2 aromatic rings. The van der Waals surface area contributed by atoms with Gasteiger partial charge < -0.3 is 19.5 Å². The van der Waals surface area contributed by atoms with E-state index in [2.05, 4.69) is 10.6 Å². The number of nitrogens with one attached hydrogen (secondary N) is 2. The largest absolute Gasteiger partial charge is 0.486 e. The minimum absolute atomic E-state index is 0.467. The standard InChI is InChI=1S/C22H22N2O6/c1-14-4-3-5-17(15(14)2)23-22(27)24-20(25)13-30-21(26)9-7-16-6-8-18-19(12-16)29-11-10-28-18/h3-9,12H,10-11,13H2,1-2H3,(H2,23,24,25,27)/b9-7+. The number of hydrogen-bond donors (Lipinski definition) is 2. The van der Waals surface area contributed by atoms with Crippen LogP contribution in [0.25, 0.3) is 6.08 Å². The Morgan fingerprint density at radius 1 is 1.07 bits per heavy atom. The summed E-state index contributed by atoms with van der Waals surface area (Å²) in [6.07, 6.45) is 2.72. The van der Waals surface area contributed by atoms with Crippen LogP contribution in [0.3, 0.4) is 0 Å². The van der Waals surface area contributed by atoms with Gasteiger partial charge in [-0.2, -0.15) is 0 Å².